The quantitative estimate of drug-likeness (QED) is 0.444. The predicted octanol–water partition coefficient (Wildman–Crippen LogP) is 6.82. The van der Waals surface area contributed by atoms with Crippen molar-refractivity contribution < 1.29 is 14.6 Å². The number of hydrogen-bond donors (Lipinski definition) is 1. The van der Waals surface area contributed by atoms with Crippen molar-refractivity contribution in [3.63, 3.8) is 0 Å². The molecule has 1 N–H and O–H groups in total. The molecule has 0 saturated carbocycles. The van der Waals surface area contributed by atoms with E-state index in [-0.39, 0.29) is 18.6 Å². The van der Waals surface area contributed by atoms with Crippen LogP contribution in [0.25, 0.3) is 5.57 Å². The molecule has 1 aromatic rings. The Morgan fingerprint density at radius 3 is 2.48 bits per heavy atom. The molecule has 1 atom stereocenters. The molecule has 1 saturated heterocycles. The van der Waals surface area contributed by atoms with Crippen LogP contribution in [0, 0.1) is 5.92 Å². The number of carbonyl (C=O) groups is 1. The fourth-order valence-electron chi connectivity index (χ4n) is 4.30. The van der Waals surface area contributed by atoms with Crippen molar-refractivity contribution in [2.24, 2.45) is 5.92 Å². The van der Waals surface area contributed by atoms with Gasteiger partial charge in [-0.25, -0.2) is 4.79 Å². The number of allylic oxidation sites excluding steroid dienone is 2. The highest BCUT2D eigenvalue weighted by Gasteiger charge is 2.32. The lowest BCUT2D eigenvalue weighted by Crippen LogP contribution is -2.42. The van der Waals surface area contributed by atoms with Gasteiger partial charge in [-0.2, -0.15) is 0 Å². The summed E-state index contributed by atoms with van der Waals surface area (Å²) in [5.74, 6) is 0.720. The van der Waals surface area contributed by atoms with E-state index in [1.807, 2.05) is 37.8 Å². The minimum absolute atomic E-state index is 0.146. The van der Waals surface area contributed by atoms with Crippen molar-refractivity contribution in [3.05, 3.63) is 53.1 Å². The number of nitrogens with zero attached hydrogens (tertiary/aromatic N) is 1. The second-order valence-electron chi connectivity index (χ2n) is 9.73. The van der Waals surface area contributed by atoms with Crippen molar-refractivity contribution in [1.29, 1.82) is 0 Å². The van der Waals surface area contributed by atoms with Gasteiger partial charge in [0, 0.05) is 24.7 Å². The largest absolute Gasteiger partial charge is 0.444 e. The average Bonchev–Trinajstić information content (AvgIpc) is 2.69. The van der Waals surface area contributed by atoms with E-state index in [0.717, 1.165) is 42.4 Å². The van der Waals surface area contributed by atoms with Crippen LogP contribution in [0.5, 0.6) is 0 Å². The first-order chi connectivity index (χ1) is 14.5. The molecule has 1 fully saturated rings. The number of carbonyl (C=O) groups excluding carboxylic acids is 1. The van der Waals surface area contributed by atoms with Crippen LogP contribution in [0.1, 0.15) is 76.8 Å². The highest BCUT2D eigenvalue weighted by molar-refractivity contribution is 6.30. The molecule has 1 aliphatic rings. The topological polar surface area (TPSA) is 49.8 Å². The maximum atomic E-state index is 12.5. The fourth-order valence-corrected chi connectivity index (χ4v) is 4.47. The van der Waals surface area contributed by atoms with Gasteiger partial charge in [-0.15, -0.1) is 6.58 Å². The Bertz CT molecular complexity index is 788. The molecule has 1 heterocycles. The zero-order valence-corrected chi connectivity index (χ0v) is 20.3. The number of likely N-dealkylation sites (tertiary alicyclic amines) is 1. The lowest BCUT2D eigenvalue weighted by molar-refractivity contribution is 0.0173. The lowest BCUT2D eigenvalue weighted by atomic mass is 9.74. The van der Waals surface area contributed by atoms with Crippen molar-refractivity contribution in [3.8, 4) is 0 Å². The van der Waals surface area contributed by atoms with Gasteiger partial charge in [-0.05, 0) is 100 Å². The molecule has 0 aliphatic carbocycles. The summed E-state index contributed by atoms with van der Waals surface area (Å²) in [4.78, 5) is 14.3. The minimum atomic E-state index is -0.483. The third-order valence-corrected chi connectivity index (χ3v) is 6.00. The highest BCUT2D eigenvalue weighted by Crippen LogP contribution is 2.41. The molecule has 0 bridgehead atoms. The van der Waals surface area contributed by atoms with Gasteiger partial charge in [0.15, 0.2) is 0 Å². The summed E-state index contributed by atoms with van der Waals surface area (Å²) in [5.41, 5.74) is 3.99. The summed E-state index contributed by atoms with van der Waals surface area (Å²) in [6.07, 6.45) is 3.92. The van der Waals surface area contributed by atoms with E-state index < -0.39 is 5.60 Å². The molecule has 1 unspecified atom stereocenters. The van der Waals surface area contributed by atoms with Crippen molar-refractivity contribution in [2.45, 2.75) is 71.3 Å². The van der Waals surface area contributed by atoms with Crippen LogP contribution < -0.4 is 0 Å². The molecule has 1 aliphatic heterocycles. The van der Waals surface area contributed by atoms with Gasteiger partial charge < -0.3 is 14.7 Å². The van der Waals surface area contributed by atoms with E-state index in [1.54, 1.807) is 0 Å². The van der Waals surface area contributed by atoms with Crippen molar-refractivity contribution >= 4 is 23.3 Å². The Morgan fingerprint density at radius 1 is 1.29 bits per heavy atom. The van der Waals surface area contributed by atoms with E-state index in [2.05, 4.69) is 26.1 Å². The number of rotatable bonds is 8. The molecule has 2 rings (SSSR count). The number of amides is 1. The lowest BCUT2D eigenvalue weighted by Gasteiger charge is -2.37. The number of hydrogen-bond acceptors (Lipinski definition) is 3. The number of aliphatic hydroxyl groups is 1. The fraction of sp³-hybridized carbons (Fsp3) is 0.577. The van der Waals surface area contributed by atoms with Crippen LogP contribution in [-0.4, -0.2) is 41.4 Å². The van der Waals surface area contributed by atoms with Gasteiger partial charge in [0.2, 0.25) is 0 Å². The van der Waals surface area contributed by atoms with Gasteiger partial charge >= 0.3 is 6.09 Å². The molecule has 31 heavy (non-hydrogen) atoms. The third-order valence-electron chi connectivity index (χ3n) is 5.76. The Hall–Kier alpha value is -1.78. The molecule has 0 spiro atoms. The first-order valence-electron chi connectivity index (χ1n) is 11.2. The van der Waals surface area contributed by atoms with E-state index in [4.69, 9.17) is 16.3 Å². The highest BCUT2D eigenvalue weighted by atomic mass is 35.5. The number of piperidine rings is 1. The Kier molecular flexibility index (Phi) is 9.20. The summed E-state index contributed by atoms with van der Waals surface area (Å²) in [6, 6.07) is 6.06. The Morgan fingerprint density at radius 2 is 1.94 bits per heavy atom. The molecule has 1 amide bonds. The van der Waals surface area contributed by atoms with Gasteiger partial charge in [0.1, 0.15) is 5.60 Å². The molecule has 1 aromatic carbocycles. The number of benzene rings is 1. The first-order valence-corrected chi connectivity index (χ1v) is 11.6. The summed E-state index contributed by atoms with van der Waals surface area (Å²) >= 11 is 6.33. The summed E-state index contributed by atoms with van der Waals surface area (Å²) in [7, 11) is 0. The van der Waals surface area contributed by atoms with Crippen LogP contribution in [0.2, 0.25) is 5.02 Å². The van der Waals surface area contributed by atoms with Crippen LogP contribution in [0.15, 0.2) is 36.9 Å². The van der Waals surface area contributed by atoms with E-state index in [9.17, 15) is 9.90 Å². The first kappa shape index (κ1) is 25.5. The van der Waals surface area contributed by atoms with E-state index in [0.29, 0.717) is 30.5 Å². The second-order valence-corrected chi connectivity index (χ2v) is 10.2. The smallest absolute Gasteiger partial charge is 0.410 e. The number of aliphatic hydroxyl groups excluding tert-OH is 1. The molecule has 5 heteroatoms. The molecular formula is C26H38ClNO3. The van der Waals surface area contributed by atoms with Crippen molar-refractivity contribution in [2.75, 3.05) is 19.7 Å². The monoisotopic (exact) mass is 447 g/mol. The molecular weight excluding hydrogens is 410 g/mol. The van der Waals surface area contributed by atoms with E-state index >= 15 is 0 Å². The zero-order chi connectivity index (χ0) is 23.2. The number of ether oxygens (including phenoxy) is 1. The van der Waals surface area contributed by atoms with Gasteiger partial charge in [0.05, 0.1) is 0 Å². The van der Waals surface area contributed by atoms with Crippen LogP contribution in [0.4, 0.5) is 4.79 Å². The predicted molar refractivity (Wildman–Crippen MR) is 130 cm³/mol. The maximum absolute atomic E-state index is 12.5. The summed E-state index contributed by atoms with van der Waals surface area (Å²) < 4.78 is 5.55. The number of halogens is 1. The third kappa shape index (κ3) is 7.69. The van der Waals surface area contributed by atoms with Crippen LogP contribution in [-0.2, 0) is 4.74 Å². The zero-order valence-electron chi connectivity index (χ0n) is 19.5. The van der Waals surface area contributed by atoms with Gasteiger partial charge in [0.25, 0.3) is 0 Å². The van der Waals surface area contributed by atoms with Gasteiger partial charge in [-0.1, -0.05) is 29.8 Å². The van der Waals surface area contributed by atoms with Crippen molar-refractivity contribution in [1.82, 2.24) is 4.90 Å². The molecule has 0 aromatic heterocycles. The SMILES string of the molecule is C=C(C)CC(c1ccc(Cl)cc1C(=C)CCCO)C1CCN(C(=O)OC(C)(C)C)CC1. The van der Waals surface area contributed by atoms with Crippen LogP contribution >= 0.6 is 11.6 Å². The normalized spacial score (nSPS) is 16.1. The van der Waals surface area contributed by atoms with Crippen LogP contribution in [0.3, 0.4) is 0 Å². The Balaban J connectivity index is 2.23. The molecule has 0 radical (unpaired) electrons. The molecule has 172 valence electrons. The second kappa shape index (κ2) is 11.2. The molecule has 4 nitrogen and oxygen atoms in total. The van der Waals surface area contributed by atoms with Gasteiger partial charge in [-0.3, -0.25) is 0 Å². The average molecular weight is 448 g/mol. The minimum Gasteiger partial charge on any atom is -0.444 e. The summed E-state index contributed by atoms with van der Waals surface area (Å²) in [5, 5.41) is 9.93. The van der Waals surface area contributed by atoms with E-state index in [1.165, 1.54) is 5.56 Å². The Labute approximate surface area is 192 Å². The standard InChI is InChI=1S/C26H38ClNO3/c1-18(2)16-24(20-11-13-28(14-12-20)25(30)31-26(4,5)6)22-10-9-21(27)17-23(22)19(3)8-7-15-29/h9-10,17,20,24,29H,1,3,7-8,11-16H2,2,4-6H3. The summed E-state index contributed by atoms with van der Waals surface area (Å²) in [6.45, 7) is 17.7. The maximum Gasteiger partial charge on any atom is 0.410 e.